The number of carbonyl (C=O) groups excluding carboxylic acids is 1. The second kappa shape index (κ2) is 4.96. The number of likely N-dealkylation sites (tertiary alicyclic amines) is 1. The molecule has 0 aromatic heterocycles. The topological polar surface area (TPSA) is 20.3 Å². The second-order valence-electron chi connectivity index (χ2n) is 4.20. The number of carbonyl (C=O) groups is 1. The first-order valence-corrected chi connectivity index (χ1v) is 5.64. The van der Waals surface area contributed by atoms with Crippen molar-refractivity contribution in [1.29, 1.82) is 0 Å². The second-order valence-corrected chi connectivity index (χ2v) is 4.20. The fourth-order valence-electron chi connectivity index (χ4n) is 2.00. The van der Waals surface area contributed by atoms with Crippen molar-refractivity contribution < 1.29 is 22.4 Å². The monoisotopic (exact) mass is 261 g/mol. The summed E-state index contributed by atoms with van der Waals surface area (Å²) in [5.41, 5.74) is -0.756. The molecule has 1 fully saturated rings. The van der Waals surface area contributed by atoms with Gasteiger partial charge in [0.2, 0.25) is 0 Å². The van der Waals surface area contributed by atoms with E-state index in [0.29, 0.717) is 19.2 Å². The number of benzene rings is 1. The molecule has 0 aliphatic carbocycles. The Hall–Kier alpha value is -1.59. The van der Waals surface area contributed by atoms with Crippen LogP contribution in [0.2, 0.25) is 0 Å². The fourth-order valence-corrected chi connectivity index (χ4v) is 2.00. The number of hydrogen-bond acceptors (Lipinski definition) is 1. The highest BCUT2D eigenvalue weighted by molar-refractivity contribution is 5.94. The Morgan fingerprint density at radius 2 is 1.56 bits per heavy atom. The first-order chi connectivity index (χ1) is 8.52. The molecule has 6 heteroatoms. The Morgan fingerprint density at radius 1 is 0.944 bits per heavy atom. The molecule has 2 rings (SSSR count). The molecular formula is C12H11F4NO. The molecule has 98 valence electrons. The number of piperidine rings is 1. The summed E-state index contributed by atoms with van der Waals surface area (Å²) in [5, 5.41) is 0. The summed E-state index contributed by atoms with van der Waals surface area (Å²) >= 11 is 0. The van der Waals surface area contributed by atoms with E-state index in [0.717, 1.165) is 19.3 Å². The normalized spacial score (nSPS) is 15.9. The largest absolute Gasteiger partial charge is 0.339 e. The van der Waals surface area contributed by atoms with Crippen molar-refractivity contribution in [3.8, 4) is 0 Å². The first kappa shape index (κ1) is 12.9. The molecule has 0 N–H and O–H groups in total. The third-order valence-electron chi connectivity index (χ3n) is 2.98. The predicted octanol–water partition coefficient (Wildman–Crippen LogP) is 2.87. The van der Waals surface area contributed by atoms with Crippen LogP contribution in [-0.2, 0) is 0 Å². The number of halogens is 4. The van der Waals surface area contributed by atoms with Gasteiger partial charge >= 0.3 is 0 Å². The van der Waals surface area contributed by atoms with E-state index in [-0.39, 0.29) is 0 Å². The van der Waals surface area contributed by atoms with E-state index in [1.54, 1.807) is 0 Å². The van der Waals surface area contributed by atoms with Gasteiger partial charge in [-0.05, 0) is 25.3 Å². The number of rotatable bonds is 1. The number of nitrogens with zero attached hydrogens (tertiary/aromatic N) is 1. The molecule has 1 heterocycles. The van der Waals surface area contributed by atoms with E-state index < -0.39 is 34.7 Å². The van der Waals surface area contributed by atoms with E-state index in [1.165, 1.54) is 4.90 Å². The van der Waals surface area contributed by atoms with Crippen molar-refractivity contribution >= 4 is 5.91 Å². The summed E-state index contributed by atoms with van der Waals surface area (Å²) < 4.78 is 52.2. The van der Waals surface area contributed by atoms with Gasteiger partial charge in [0.1, 0.15) is 0 Å². The smallest absolute Gasteiger partial charge is 0.257 e. The number of amides is 1. The maximum atomic E-state index is 13.4. The van der Waals surface area contributed by atoms with Gasteiger partial charge in [-0.2, -0.15) is 0 Å². The minimum atomic E-state index is -1.95. The lowest BCUT2D eigenvalue weighted by Crippen LogP contribution is -2.36. The van der Waals surface area contributed by atoms with E-state index >= 15 is 0 Å². The average molecular weight is 261 g/mol. The van der Waals surface area contributed by atoms with Crippen LogP contribution < -0.4 is 0 Å². The van der Waals surface area contributed by atoms with Gasteiger partial charge in [-0.3, -0.25) is 4.79 Å². The van der Waals surface area contributed by atoms with Crippen molar-refractivity contribution in [2.45, 2.75) is 19.3 Å². The van der Waals surface area contributed by atoms with Gasteiger partial charge in [-0.1, -0.05) is 0 Å². The lowest BCUT2D eigenvalue weighted by molar-refractivity contribution is 0.0717. The van der Waals surface area contributed by atoms with Crippen LogP contribution in [-0.4, -0.2) is 23.9 Å². The maximum absolute atomic E-state index is 13.4. The van der Waals surface area contributed by atoms with Gasteiger partial charge in [-0.25, -0.2) is 17.6 Å². The molecule has 1 aliphatic rings. The van der Waals surface area contributed by atoms with Gasteiger partial charge in [0.15, 0.2) is 23.3 Å². The summed E-state index contributed by atoms with van der Waals surface area (Å²) in [7, 11) is 0. The van der Waals surface area contributed by atoms with Crippen LogP contribution in [0.1, 0.15) is 29.6 Å². The summed E-state index contributed by atoms with van der Waals surface area (Å²) in [4.78, 5) is 13.2. The van der Waals surface area contributed by atoms with Crippen LogP contribution in [0.4, 0.5) is 17.6 Å². The van der Waals surface area contributed by atoms with Crippen molar-refractivity contribution in [2.75, 3.05) is 13.1 Å². The molecule has 0 unspecified atom stereocenters. The van der Waals surface area contributed by atoms with Crippen LogP contribution in [0, 0.1) is 23.3 Å². The Bertz CT molecular complexity index is 483. The molecular weight excluding hydrogens is 250 g/mol. The third kappa shape index (κ3) is 2.19. The quantitative estimate of drug-likeness (QED) is 0.432. The van der Waals surface area contributed by atoms with Crippen LogP contribution in [0.25, 0.3) is 0 Å². The summed E-state index contributed by atoms with van der Waals surface area (Å²) in [6, 6.07) is 0.407. The van der Waals surface area contributed by atoms with Crippen LogP contribution in [0.5, 0.6) is 0 Å². The number of hydrogen-bond donors (Lipinski definition) is 0. The first-order valence-electron chi connectivity index (χ1n) is 5.64. The van der Waals surface area contributed by atoms with Crippen LogP contribution in [0.15, 0.2) is 6.07 Å². The highest BCUT2D eigenvalue weighted by Gasteiger charge is 2.26. The molecule has 1 aromatic rings. The van der Waals surface area contributed by atoms with Gasteiger partial charge in [0, 0.05) is 13.1 Å². The molecule has 1 aliphatic heterocycles. The Kier molecular flexibility index (Phi) is 3.54. The van der Waals surface area contributed by atoms with E-state index in [2.05, 4.69) is 0 Å². The molecule has 18 heavy (non-hydrogen) atoms. The standard InChI is InChI=1S/C12H11F4NO/c13-8-6-7(9(14)11(16)10(8)15)12(18)17-4-2-1-3-5-17/h6H,1-5H2. The van der Waals surface area contributed by atoms with Crippen molar-refractivity contribution in [2.24, 2.45) is 0 Å². The molecule has 0 atom stereocenters. The molecule has 0 spiro atoms. The van der Waals surface area contributed by atoms with Gasteiger partial charge in [0.25, 0.3) is 5.91 Å². The minimum absolute atomic E-state index is 0.407. The molecule has 1 aromatic carbocycles. The lowest BCUT2D eigenvalue weighted by Gasteiger charge is -2.26. The zero-order valence-electron chi connectivity index (χ0n) is 9.48. The van der Waals surface area contributed by atoms with Gasteiger partial charge in [0.05, 0.1) is 5.56 Å². The summed E-state index contributed by atoms with van der Waals surface area (Å²) in [5.74, 6) is -7.85. The molecule has 0 saturated carbocycles. The highest BCUT2D eigenvalue weighted by Crippen LogP contribution is 2.21. The van der Waals surface area contributed by atoms with Crippen LogP contribution in [0.3, 0.4) is 0 Å². The summed E-state index contributed by atoms with van der Waals surface area (Å²) in [6.45, 7) is 0.831. The SMILES string of the molecule is O=C(c1cc(F)c(F)c(F)c1F)N1CCCCC1. The zero-order valence-corrected chi connectivity index (χ0v) is 9.48. The maximum Gasteiger partial charge on any atom is 0.257 e. The lowest BCUT2D eigenvalue weighted by atomic mass is 10.1. The Labute approximate surface area is 101 Å². The Balaban J connectivity index is 2.35. The third-order valence-corrected chi connectivity index (χ3v) is 2.98. The van der Waals surface area contributed by atoms with Crippen molar-refractivity contribution in [3.05, 3.63) is 34.9 Å². The molecule has 0 radical (unpaired) electrons. The highest BCUT2D eigenvalue weighted by atomic mass is 19.2. The minimum Gasteiger partial charge on any atom is -0.339 e. The van der Waals surface area contributed by atoms with Gasteiger partial charge < -0.3 is 4.90 Å². The summed E-state index contributed by atoms with van der Waals surface area (Å²) in [6.07, 6.45) is 2.48. The zero-order chi connectivity index (χ0) is 13.3. The van der Waals surface area contributed by atoms with Gasteiger partial charge in [-0.15, -0.1) is 0 Å². The van der Waals surface area contributed by atoms with E-state index in [1.807, 2.05) is 0 Å². The molecule has 1 amide bonds. The van der Waals surface area contributed by atoms with Crippen molar-refractivity contribution in [3.63, 3.8) is 0 Å². The Morgan fingerprint density at radius 3 is 2.17 bits per heavy atom. The van der Waals surface area contributed by atoms with Crippen molar-refractivity contribution in [1.82, 2.24) is 4.90 Å². The fraction of sp³-hybridized carbons (Fsp3) is 0.417. The van der Waals surface area contributed by atoms with E-state index in [4.69, 9.17) is 0 Å². The van der Waals surface area contributed by atoms with Crippen LogP contribution >= 0.6 is 0 Å². The molecule has 1 saturated heterocycles. The molecule has 0 bridgehead atoms. The average Bonchev–Trinajstić information content (AvgIpc) is 2.41. The molecule has 2 nitrogen and oxygen atoms in total. The van der Waals surface area contributed by atoms with E-state index in [9.17, 15) is 22.4 Å². The predicted molar refractivity (Wildman–Crippen MR) is 56.0 cm³/mol.